The summed E-state index contributed by atoms with van der Waals surface area (Å²) in [5.41, 5.74) is 1.29. The molecule has 0 saturated carbocycles. The molecule has 3 aliphatic heterocycles. The molecule has 4 rings (SSSR count). The Morgan fingerprint density at radius 2 is 2.00 bits per heavy atom. The molecule has 4 atom stereocenters. The summed E-state index contributed by atoms with van der Waals surface area (Å²) in [5.74, 6) is 1.28. The number of H-pyrrole nitrogens is 1. The summed E-state index contributed by atoms with van der Waals surface area (Å²) in [7, 11) is 0. The highest BCUT2D eigenvalue weighted by Crippen LogP contribution is 2.41. The minimum atomic E-state index is -0.0884. The van der Waals surface area contributed by atoms with Crippen molar-refractivity contribution < 1.29 is 14.4 Å². The van der Waals surface area contributed by atoms with Crippen molar-refractivity contribution in [1.29, 1.82) is 0 Å². The first kappa shape index (κ1) is 19.0. The van der Waals surface area contributed by atoms with Gasteiger partial charge in [-0.3, -0.25) is 14.4 Å². The van der Waals surface area contributed by atoms with Crippen LogP contribution in [0.5, 0.6) is 0 Å². The highest BCUT2D eigenvalue weighted by molar-refractivity contribution is 5.93. The SMILES string of the molecule is CC(=O)NC[C@H]1[C@H]2C[C@H](CN(C(=O)c3nc(C)[nH]c3C)C2)[C@@H]2CCCC(=O)N21. The molecule has 3 amide bonds. The largest absolute Gasteiger partial charge is 0.354 e. The lowest BCUT2D eigenvalue weighted by molar-refractivity contribution is -0.151. The fraction of sp³-hybridized carbons (Fsp3) is 0.700. The Kier molecular flexibility index (Phi) is 4.89. The summed E-state index contributed by atoms with van der Waals surface area (Å²) in [4.78, 5) is 48.8. The second-order valence-electron chi connectivity index (χ2n) is 8.53. The first-order chi connectivity index (χ1) is 13.3. The van der Waals surface area contributed by atoms with Gasteiger partial charge in [-0.15, -0.1) is 0 Å². The lowest BCUT2D eigenvalue weighted by Crippen LogP contribution is -2.67. The summed E-state index contributed by atoms with van der Waals surface area (Å²) in [6, 6.07) is 0.115. The molecular weight excluding hydrogens is 358 g/mol. The number of fused-ring (bicyclic) bond motifs is 4. The monoisotopic (exact) mass is 387 g/mol. The van der Waals surface area contributed by atoms with Crippen LogP contribution in [0.25, 0.3) is 0 Å². The molecule has 152 valence electrons. The minimum absolute atomic E-state index is 0.0367. The number of aromatic amines is 1. The predicted molar refractivity (Wildman–Crippen MR) is 103 cm³/mol. The number of piperidine rings is 3. The zero-order valence-electron chi connectivity index (χ0n) is 16.8. The summed E-state index contributed by atoms with van der Waals surface area (Å²) in [6.07, 6.45) is 3.46. The number of nitrogens with one attached hydrogen (secondary N) is 2. The van der Waals surface area contributed by atoms with Gasteiger partial charge in [0.1, 0.15) is 11.5 Å². The summed E-state index contributed by atoms with van der Waals surface area (Å²) in [5, 5.41) is 2.91. The summed E-state index contributed by atoms with van der Waals surface area (Å²) in [6.45, 7) is 6.95. The van der Waals surface area contributed by atoms with Crippen LogP contribution in [0.4, 0.5) is 0 Å². The second-order valence-corrected chi connectivity index (χ2v) is 8.53. The lowest BCUT2D eigenvalue weighted by atomic mass is 9.72. The van der Waals surface area contributed by atoms with Crippen molar-refractivity contribution in [3.8, 4) is 0 Å². The van der Waals surface area contributed by atoms with Crippen molar-refractivity contribution in [2.75, 3.05) is 19.6 Å². The Hall–Kier alpha value is -2.38. The van der Waals surface area contributed by atoms with Gasteiger partial charge in [0, 0.05) is 44.7 Å². The number of hydrogen-bond acceptors (Lipinski definition) is 4. The highest BCUT2D eigenvalue weighted by Gasteiger charge is 2.50. The Morgan fingerprint density at radius 1 is 1.25 bits per heavy atom. The molecule has 2 bridgehead atoms. The van der Waals surface area contributed by atoms with Gasteiger partial charge in [-0.2, -0.15) is 0 Å². The average molecular weight is 387 g/mol. The Bertz CT molecular complexity index is 804. The van der Waals surface area contributed by atoms with E-state index in [4.69, 9.17) is 0 Å². The zero-order valence-corrected chi connectivity index (χ0v) is 16.8. The maximum Gasteiger partial charge on any atom is 0.274 e. The van der Waals surface area contributed by atoms with Crippen molar-refractivity contribution >= 4 is 17.7 Å². The van der Waals surface area contributed by atoms with E-state index in [1.54, 1.807) is 0 Å². The molecule has 4 heterocycles. The number of likely N-dealkylation sites (tertiary alicyclic amines) is 1. The molecule has 3 saturated heterocycles. The van der Waals surface area contributed by atoms with Crippen LogP contribution in [-0.2, 0) is 9.59 Å². The molecule has 8 nitrogen and oxygen atoms in total. The van der Waals surface area contributed by atoms with Gasteiger partial charge in [0.2, 0.25) is 11.8 Å². The zero-order chi connectivity index (χ0) is 20.0. The number of carbonyl (C=O) groups is 3. The Morgan fingerprint density at radius 3 is 2.68 bits per heavy atom. The molecule has 0 spiro atoms. The van der Waals surface area contributed by atoms with E-state index in [-0.39, 0.29) is 35.7 Å². The van der Waals surface area contributed by atoms with E-state index in [9.17, 15) is 14.4 Å². The van der Waals surface area contributed by atoms with Gasteiger partial charge in [0.15, 0.2) is 0 Å². The van der Waals surface area contributed by atoms with Crippen molar-refractivity contribution in [3.63, 3.8) is 0 Å². The third-order valence-electron chi connectivity index (χ3n) is 6.55. The highest BCUT2D eigenvalue weighted by atomic mass is 16.2. The third kappa shape index (κ3) is 3.29. The van der Waals surface area contributed by atoms with Gasteiger partial charge < -0.3 is 20.1 Å². The second kappa shape index (κ2) is 7.22. The van der Waals surface area contributed by atoms with Gasteiger partial charge in [0.05, 0.1) is 6.04 Å². The maximum absolute atomic E-state index is 13.2. The smallest absolute Gasteiger partial charge is 0.274 e. The van der Waals surface area contributed by atoms with Crippen molar-refractivity contribution in [2.45, 2.75) is 58.5 Å². The maximum atomic E-state index is 13.2. The lowest BCUT2D eigenvalue weighted by Gasteiger charge is -2.56. The number of imidazole rings is 1. The number of carbonyl (C=O) groups excluding carboxylic acids is 3. The molecule has 1 aromatic heterocycles. The third-order valence-corrected chi connectivity index (χ3v) is 6.55. The quantitative estimate of drug-likeness (QED) is 0.808. The molecule has 3 fully saturated rings. The van der Waals surface area contributed by atoms with Gasteiger partial charge in [-0.25, -0.2) is 4.98 Å². The molecule has 1 aromatic rings. The number of aromatic nitrogens is 2. The fourth-order valence-corrected chi connectivity index (χ4v) is 5.42. The fourth-order valence-electron chi connectivity index (χ4n) is 5.42. The minimum Gasteiger partial charge on any atom is -0.354 e. The van der Waals surface area contributed by atoms with E-state index in [2.05, 4.69) is 15.3 Å². The van der Waals surface area contributed by atoms with Crippen LogP contribution in [-0.4, -0.2) is 69.2 Å². The van der Waals surface area contributed by atoms with Crippen LogP contribution in [0.15, 0.2) is 0 Å². The van der Waals surface area contributed by atoms with E-state index >= 15 is 0 Å². The van der Waals surface area contributed by atoms with E-state index < -0.39 is 0 Å². The summed E-state index contributed by atoms with van der Waals surface area (Å²) >= 11 is 0. The number of nitrogens with zero attached hydrogens (tertiary/aromatic N) is 3. The molecule has 0 radical (unpaired) electrons. The van der Waals surface area contributed by atoms with Crippen molar-refractivity contribution in [2.24, 2.45) is 11.8 Å². The number of hydrogen-bond donors (Lipinski definition) is 2. The van der Waals surface area contributed by atoms with E-state index in [0.29, 0.717) is 37.7 Å². The van der Waals surface area contributed by atoms with E-state index in [1.807, 2.05) is 23.6 Å². The molecule has 0 unspecified atom stereocenters. The molecule has 8 heteroatoms. The van der Waals surface area contributed by atoms with Gasteiger partial charge >= 0.3 is 0 Å². The average Bonchev–Trinajstić information content (AvgIpc) is 2.99. The topological polar surface area (TPSA) is 98.4 Å². The first-order valence-corrected chi connectivity index (χ1v) is 10.2. The van der Waals surface area contributed by atoms with Crippen molar-refractivity contribution in [1.82, 2.24) is 25.1 Å². The number of aryl methyl sites for hydroxylation is 2. The van der Waals surface area contributed by atoms with Gasteiger partial charge in [-0.05, 0) is 44.9 Å². The standard InChI is InChI=1S/C20H29N5O3/c1-11-19(23-12(2)22-11)20(28)24-9-14-7-15(10-24)17(8-21-13(3)26)25-16(14)5-4-6-18(25)27/h14-17H,4-10H2,1-3H3,(H,21,26)(H,22,23)/t14-,15+,16+,17+/m1/s1. The normalized spacial score (nSPS) is 29.5. The number of rotatable bonds is 3. The van der Waals surface area contributed by atoms with Crippen LogP contribution in [0.3, 0.4) is 0 Å². The van der Waals surface area contributed by atoms with E-state index in [1.165, 1.54) is 6.92 Å². The molecule has 0 aliphatic carbocycles. The molecule has 0 aromatic carbocycles. The van der Waals surface area contributed by atoms with Crippen LogP contribution in [0.1, 0.15) is 54.6 Å². The van der Waals surface area contributed by atoms with Gasteiger partial charge in [-0.1, -0.05) is 0 Å². The summed E-state index contributed by atoms with van der Waals surface area (Å²) < 4.78 is 0. The van der Waals surface area contributed by atoms with Crippen LogP contribution in [0, 0.1) is 25.7 Å². The Labute approximate surface area is 165 Å². The molecule has 28 heavy (non-hydrogen) atoms. The van der Waals surface area contributed by atoms with Crippen molar-refractivity contribution in [3.05, 3.63) is 17.2 Å². The van der Waals surface area contributed by atoms with Crippen LogP contribution in [0.2, 0.25) is 0 Å². The molecular formula is C20H29N5O3. The molecule has 2 N–H and O–H groups in total. The first-order valence-electron chi connectivity index (χ1n) is 10.2. The molecule has 3 aliphatic rings. The van der Waals surface area contributed by atoms with Gasteiger partial charge in [0.25, 0.3) is 5.91 Å². The van der Waals surface area contributed by atoms with Crippen LogP contribution < -0.4 is 5.32 Å². The number of amides is 3. The van der Waals surface area contributed by atoms with Crippen LogP contribution >= 0.6 is 0 Å². The predicted octanol–water partition coefficient (Wildman–Crippen LogP) is 1.00. The Balaban J connectivity index is 1.60. The van der Waals surface area contributed by atoms with E-state index in [0.717, 1.165) is 30.8 Å².